The summed E-state index contributed by atoms with van der Waals surface area (Å²) in [7, 11) is 1.77. The van der Waals surface area contributed by atoms with Crippen molar-refractivity contribution in [1.29, 1.82) is 0 Å². The summed E-state index contributed by atoms with van der Waals surface area (Å²) in [4.78, 5) is 12.7. The molecule has 0 unspecified atom stereocenters. The Morgan fingerprint density at radius 2 is 2.09 bits per heavy atom. The zero-order valence-corrected chi connectivity index (χ0v) is 7.76. The van der Waals surface area contributed by atoms with E-state index in [2.05, 4.69) is 0 Å². The monoisotopic (exact) mass is 159 g/mol. The Kier molecular flexibility index (Phi) is 4.86. The lowest BCUT2D eigenvalue weighted by Gasteiger charge is -2.15. The van der Waals surface area contributed by atoms with Gasteiger partial charge in [-0.2, -0.15) is 0 Å². The van der Waals surface area contributed by atoms with Gasteiger partial charge in [0.25, 0.3) is 0 Å². The standard InChI is InChI=1S/C8H17NO2/c1-5-9(4)8(10)6-11-7(2)3/h7H,5-6H2,1-4H3. The molecule has 0 N–H and O–H groups in total. The summed E-state index contributed by atoms with van der Waals surface area (Å²) in [6.45, 7) is 6.70. The maximum absolute atomic E-state index is 11.1. The molecule has 3 nitrogen and oxygen atoms in total. The van der Waals surface area contributed by atoms with Crippen molar-refractivity contribution in [3.05, 3.63) is 0 Å². The average Bonchev–Trinajstić information content (AvgIpc) is 1.98. The lowest BCUT2D eigenvalue weighted by molar-refractivity contribution is -0.136. The Labute approximate surface area is 68.3 Å². The van der Waals surface area contributed by atoms with Crippen LogP contribution in [0.15, 0.2) is 0 Å². The van der Waals surface area contributed by atoms with E-state index in [0.29, 0.717) is 0 Å². The summed E-state index contributed by atoms with van der Waals surface area (Å²) in [6, 6.07) is 0. The van der Waals surface area contributed by atoms with Crippen LogP contribution in [-0.2, 0) is 9.53 Å². The van der Waals surface area contributed by atoms with Gasteiger partial charge in [-0.25, -0.2) is 0 Å². The summed E-state index contributed by atoms with van der Waals surface area (Å²) in [6.07, 6.45) is 0.129. The van der Waals surface area contributed by atoms with Gasteiger partial charge in [0.05, 0.1) is 6.10 Å². The van der Waals surface area contributed by atoms with Crippen molar-refractivity contribution in [2.75, 3.05) is 20.2 Å². The third kappa shape index (κ3) is 4.79. The fraction of sp³-hybridized carbons (Fsp3) is 0.875. The van der Waals surface area contributed by atoms with E-state index in [0.717, 1.165) is 6.54 Å². The van der Waals surface area contributed by atoms with Gasteiger partial charge in [-0.15, -0.1) is 0 Å². The number of ether oxygens (including phenoxy) is 1. The van der Waals surface area contributed by atoms with Crippen LogP contribution in [0.5, 0.6) is 0 Å². The molecular weight excluding hydrogens is 142 g/mol. The second kappa shape index (κ2) is 5.13. The molecule has 0 fully saturated rings. The Balaban J connectivity index is 3.52. The number of carbonyl (C=O) groups excluding carboxylic acids is 1. The number of likely N-dealkylation sites (N-methyl/N-ethyl adjacent to an activating group) is 1. The van der Waals surface area contributed by atoms with Gasteiger partial charge in [0.2, 0.25) is 5.91 Å². The van der Waals surface area contributed by atoms with Crippen LogP contribution in [0.1, 0.15) is 20.8 Å². The molecule has 0 aromatic rings. The molecule has 0 aliphatic carbocycles. The van der Waals surface area contributed by atoms with Gasteiger partial charge < -0.3 is 9.64 Å². The minimum atomic E-state index is 0.0428. The highest BCUT2D eigenvalue weighted by Crippen LogP contribution is 1.90. The van der Waals surface area contributed by atoms with Gasteiger partial charge in [0.1, 0.15) is 6.61 Å². The lowest BCUT2D eigenvalue weighted by atomic mass is 10.4. The van der Waals surface area contributed by atoms with Crippen LogP contribution in [-0.4, -0.2) is 37.1 Å². The molecule has 66 valence electrons. The fourth-order valence-corrected chi connectivity index (χ4v) is 0.525. The minimum absolute atomic E-state index is 0.0428. The fourth-order valence-electron chi connectivity index (χ4n) is 0.525. The van der Waals surface area contributed by atoms with Crippen LogP contribution in [0.3, 0.4) is 0 Å². The molecule has 0 aliphatic rings. The highest BCUT2D eigenvalue weighted by molar-refractivity contribution is 5.77. The minimum Gasteiger partial charge on any atom is -0.369 e. The van der Waals surface area contributed by atoms with Crippen LogP contribution < -0.4 is 0 Å². The molecule has 0 aliphatic heterocycles. The normalized spacial score (nSPS) is 10.3. The maximum atomic E-state index is 11.1. The predicted octanol–water partition coefficient (Wildman–Crippen LogP) is 0.890. The molecule has 0 saturated heterocycles. The number of rotatable bonds is 4. The first-order chi connectivity index (χ1) is 5.07. The van der Waals surface area contributed by atoms with E-state index >= 15 is 0 Å². The van der Waals surface area contributed by atoms with E-state index in [9.17, 15) is 4.79 Å². The second-order valence-corrected chi connectivity index (χ2v) is 2.77. The van der Waals surface area contributed by atoms with Gasteiger partial charge in [-0.1, -0.05) is 0 Å². The second-order valence-electron chi connectivity index (χ2n) is 2.77. The van der Waals surface area contributed by atoms with Gasteiger partial charge >= 0.3 is 0 Å². The maximum Gasteiger partial charge on any atom is 0.248 e. The molecule has 0 rings (SSSR count). The van der Waals surface area contributed by atoms with E-state index in [-0.39, 0.29) is 18.6 Å². The summed E-state index contributed by atoms with van der Waals surface area (Å²) in [5.74, 6) is 0.0428. The molecule has 0 atom stereocenters. The Hall–Kier alpha value is -0.570. The van der Waals surface area contributed by atoms with Crippen molar-refractivity contribution < 1.29 is 9.53 Å². The van der Waals surface area contributed by atoms with Crippen LogP contribution in [0.25, 0.3) is 0 Å². The predicted molar refractivity (Wildman–Crippen MR) is 44.4 cm³/mol. The first-order valence-corrected chi connectivity index (χ1v) is 3.93. The first kappa shape index (κ1) is 10.4. The number of amides is 1. The van der Waals surface area contributed by atoms with E-state index in [1.54, 1.807) is 11.9 Å². The van der Waals surface area contributed by atoms with Crippen molar-refractivity contribution in [3.8, 4) is 0 Å². The molecular formula is C8H17NO2. The van der Waals surface area contributed by atoms with Crippen molar-refractivity contribution in [3.63, 3.8) is 0 Å². The summed E-state index contributed by atoms with van der Waals surface area (Å²) in [5.41, 5.74) is 0. The smallest absolute Gasteiger partial charge is 0.248 e. The first-order valence-electron chi connectivity index (χ1n) is 3.93. The largest absolute Gasteiger partial charge is 0.369 e. The highest BCUT2D eigenvalue weighted by Gasteiger charge is 2.06. The topological polar surface area (TPSA) is 29.5 Å². The van der Waals surface area contributed by atoms with Crippen LogP contribution in [0, 0.1) is 0 Å². The lowest BCUT2D eigenvalue weighted by Crippen LogP contribution is -2.30. The summed E-state index contributed by atoms with van der Waals surface area (Å²) < 4.78 is 5.14. The highest BCUT2D eigenvalue weighted by atomic mass is 16.5. The van der Waals surface area contributed by atoms with Gasteiger partial charge in [-0.05, 0) is 20.8 Å². The third-order valence-electron chi connectivity index (χ3n) is 1.44. The van der Waals surface area contributed by atoms with E-state index in [1.165, 1.54) is 0 Å². The zero-order valence-electron chi connectivity index (χ0n) is 7.76. The Bertz CT molecular complexity index is 123. The van der Waals surface area contributed by atoms with Crippen molar-refractivity contribution in [2.24, 2.45) is 0 Å². The van der Waals surface area contributed by atoms with Gasteiger partial charge in [0.15, 0.2) is 0 Å². The number of carbonyl (C=O) groups is 1. The van der Waals surface area contributed by atoms with Crippen LogP contribution in [0.2, 0.25) is 0 Å². The number of hydrogen-bond acceptors (Lipinski definition) is 2. The van der Waals surface area contributed by atoms with E-state index < -0.39 is 0 Å². The third-order valence-corrected chi connectivity index (χ3v) is 1.44. The molecule has 0 heterocycles. The Morgan fingerprint density at radius 1 is 1.55 bits per heavy atom. The SMILES string of the molecule is CCN(C)C(=O)COC(C)C. The summed E-state index contributed by atoms with van der Waals surface area (Å²) >= 11 is 0. The molecule has 0 aromatic heterocycles. The number of hydrogen-bond donors (Lipinski definition) is 0. The molecule has 0 spiro atoms. The van der Waals surface area contributed by atoms with Crippen molar-refractivity contribution in [2.45, 2.75) is 26.9 Å². The van der Waals surface area contributed by atoms with Gasteiger partial charge in [-0.3, -0.25) is 4.79 Å². The average molecular weight is 159 g/mol. The summed E-state index contributed by atoms with van der Waals surface area (Å²) in [5, 5.41) is 0. The quantitative estimate of drug-likeness (QED) is 0.609. The molecule has 11 heavy (non-hydrogen) atoms. The number of nitrogens with zero attached hydrogens (tertiary/aromatic N) is 1. The molecule has 0 radical (unpaired) electrons. The van der Waals surface area contributed by atoms with Gasteiger partial charge in [0, 0.05) is 13.6 Å². The van der Waals surface area contributed by atoms with E-state index in [4.69, 9.17) is 4.74 Å². The van der Waals surface area contributed by atoms with Crippen LogP contribution >= 0.6 is 0 Å². The van der Waals surface area contributed by atoms with E-state index in [1.807, 2.05) is 20.8 Å². The molecule has 3 heteroatoms. The zero-order chi connectivity index (χ0) is 8.85. The van der Waals surface area contributed by atoms with Crippen LogP contribution in [0.4, 0.5) is 0 Å². The molecule has 0 aromatic carbocycles. The molecule has 0 bridgehead atoms. The van der Waals surface area contributed by atoms with Crippen molar-refractivity contribution >= 4 is 5.91 Å². The molecule has 1 amide bonds. The van der Waals surface area contributed by atoms with Crippen molar-refractivity contribution in [1.82, 2.24) is 4.90 Å². The Morgan fingerprint density at radius 3 is 2.45 bits per heavy atom. The molecule has 0 saturated carbocycles.